The molecule has 0 saturated carbocycles. The molecule has 0 aromatic heterocycles. The molecule has 1 aliphatic heterocycles. The highest BCUT2D eigenvalue weighted by Crippen LogP contribution is 2.23. The first kappa shape index (κ1) is 14.9. The van der Waals surface area contributed by atoms with Crippen LogP contribution < -0.4 is 5.32 Å². The normalized spacial score (nSPS) is 17.5. The number of carbonyl (C=O) groups excluding carboxylic acids is 1. The first-order valence-electron chi connectivity index (χ1n) is 7.37. The second-order valence-electron chi connectivity index (χ2n) is 5.65. The smallest absolute Gasteiger partial charge is 0.236 e. The van der Waals surface area contributed by atoms with Crippen LogP contribution in [0.4, 0.5) is 5.69 Å². The molecule has 1 aromatic rings. The molecule has 1 aromatic carbocycles. The number of rotatable bonds is 5. The van der Waals surface area contributed by atoms with E-state index in [0.717, 1.165) is 25.9 Å². The van der Waals surface area contributed by atoms with E-state index in [1.807, 2.05) is 14.1 Å². The number of fused-ring (bicyclic) bond motifs is 1. The second-order valence-corrected chi connectivity index (χ2v) is 5.65. The fraction of sp³-hybridized carbons (Fsp3) is 0.562. The van der Waals surface area contributed by atoms with Gasteiger partial charge in [0.1, 0.15) is 0 Å². The fourth-order valence-electron chi connectivity index (χ4n) is 2.68. The van der Waals surface area contributed by atoms with E-state index in [1.54, 1.807) is 4.90 Å². The molecule has 1 atom stereocenters. The van der Waals surface area contributed by atoms with Crippen LogP contribution in [-0.4, -0.2) is 55.5 Å². The zero-order chi connectivity index (χ0) is 14.5. The summed E-state index contributed by atoms with van der Waals surface area (Å²) in [6, 6.07) is 8.84. The largest absolute Gasteiger partial charge is 0.383 e. The third-order valence-electron chi connectivity index (χ3n) is 3.87. The highest BCUT2D eigenvalue weighted by Gasteiger charge is 2.25. The molecule has 4 nitrogen and oxygen atoms in total. The van der Waals surface area contributed by atoms with Crippen LogP contribution in [0.5, 0.6) is 0 Å². The number of amides is 1. The van der Waals surface area contributed by atoms with Crippen LogP contribution in [0.3, 0.4) is 0 Å². The topological polar surface area (TPSA) is 35.6 Å². The zero-order valence-corrected chi connectivity index (χ0v) is 12.7. The van der Waals surface area contributed by atoms with Crippen LogP contribution in [-0.2, 0) is 11.2 Å². The molecule has 1 aliphatic rings. The van der Waals surface area contributed by atoms with Gasteiger partial charge in [0.2, 0.25) is 5.91 Å². The van der Waals surface area contributed by atoms with E-state index in [0.29, 0.717) is 12.6 Å². The van der Waals surface area contributed by atoms with Gasteiger partial charge < -0.3 is 10.2 Å². The molecular formula is C16H25N3O. The van der Waals surface area contributed by atoms with Crippen LogP contribution in [0, 0.1) is 0 Å². The van der Waals surface area contributed by atoms with Crippen molar-refractivity contribution in [3.63, 3.8) is 0 Å². The minimum absolute atomic E-state index is 0.178. The Balaban J connectivity index is 2.05. The average Bonchev–Trinajstić information content (AvgIpc) is 2.46. The van der Waals surface area contributed by atoms with Crippen molar-refractivity contribution in [2.45, 2.75) is 25.8 Å². The number of carbonyl (C=O) groups is 1. The lowest BCUT2D eigenvalue weighted by Gasteiger charge is -2.35. The number of benzene rings is 1. The SMILES string of the molecule is CCCN(CC(=O)N(C)C)C1CNc2ccccc2C1. The van der Waals surface area contributed by atoms with Gasteiger partial charge in [0.15, 0.2) is 0 Å². The van der Waals surface area contributed by atoms with Gasteiger partial charge >= 0.3 is 0 Å². The molecule has 110 valence electrons. The summed E-state index contributed by atoms with van der Waals surface area (Å²) >= 11 is 0. The van der Waals surface area contributed by atoms with E-state index in [2.05, 4.69) is 41.4 Å². The summed E-state index contributed by atoms with van der Waals surface area (Å²) in [6.07, 6.45) is 2.09. The van der Waals surface area contributed by atoms with Gasteiger partial charge in [-0.1, -0.05) is 25.1 Å². The lowest BCUT2D eigenvalue weighted by molar-refractivity contribution is -0.130. The number of hydrogen-bond acceptors (Lipinski definition) is 3. The van der Waals surface area contributed by atoms with Crippen LogP contribution >= 0.6 is 0 Å². The van der Waals surface area contributed by atoms with Gasteiger partial charge in [-0.05, 0) is 31.0 Å². The molecule has 1 heterocycles. The number of anilines is 1. The molecule has 1 unspecified atom stereocenters. The number of para-hydroxylation sites is 1. The molecule has 1 N–H and O–H groups in total. The summed E-state index contributed by atoms with van der Waals surface area (Å²) in [5.41, 5.74) is 2.58. The quantitative estimate of drug-likeness (QED) is 0.890. The Morgan fingerprint density at radius 3 is 2.80 bits per heavy atom. The fourth-order valence-corrected chi connectivity index (χ4v) is 2.68. The lowest BCUT2D eigenvalue weighted by atomic mass is 9.98. The molecule has 0 radical (unpaired) electrons. The summed E-state index contributed by atoms with van der Waals surface area (Å²) in [5.74, 6) is 0.178. The van der Waals surface area contributed by atoms with Crippen LogP contribution in [0.1, 0.15) is 18.9 Å². The van der Waals surface area contributed by atoms with Crippen LogP contribution in [0.25, 0.3) is 0 Å². The molecule has 2 rings (SSSR count). The third kappa shape index (κ3) is 3.51. The van der Waals surface area contributed by atoms with Crippen molar-refractivity contribution in [3.05, 3.63) is 29.8 Å². The monoisotopic (exact) mass is 275 g/mol. The van der Waals surface area contributed by atoms with Crippen molar-refractivity contribution >= 4 is 11.6 Å². The van der Waals surface area contributed by atoms with Gasteiger partial charge in [0.25, 0.3) is 0 Å². The van der Waals surface area contributed by atoms with E-state index in [4.69, 9.17) is 0 Å². The maximum Gasteiger partial charge on any atom is 0.236 e. The van der Waals surface area contributed by atoms with E-state index >= 15 is 0 Å². The summed E-state index contributed by atoms with van der Waals surface area (Å²) in [4.78, 5) is 16.0. The molecule has 0 fully saturated rings. The summed E-state index contributed by atoms with van der Waals surface area (Å²) in [7, 11) is 3.64. The molecule has 20 heavy (non-hydrogen) atoms. The van der Waals surface area contributed by atoms with Gasteiger partial charge in [-0.15, -0.1) is 0 Å². The van der Waals surface area contributed by atoms with Crippen molar-refractivity contribution in [3.8, 4) is 0 Å². The number of nitrogens with zero attached hydrogens (tertiary/aromatic N) is 2. The predicted molar refractivity (Wildman–Crippen MR) is 83.0 cm³/mol. The van der Waals surface area contributed by atoms with Crippen molar-refractivity contribution in [2.75, 3.05) is 39.0 Å². The minimum atomic E-state index is 0.178. The first-order chi connectivity index (χ1) is 9.61. The Kier molecular flexibility index (Phi) is 5.01. The number of likely N-dealkylation sites (N-methyl/N-ethyl adjacent to an activating group) is 1. The first-order valence-corrected chi connectivity index (χ1v) is 7.37. The Morgan fingerprint density at radius 1 is 1.35 bits per heavy atom. The third-order valence-corrected chi connectivity index (χ3v) is 3.87. The Bertz CT molecular complexity index is 459. The number of nitrogens with one attached hydrogen (secondary N) is 1. The molecular weight excluding hydrogens is 250 g/mol. The van der Waals surface area contributed by atoms with E-state index in [1.165, 1.54) is 11.3 Å². The van der Waals surface area contributed by atoms with Gasteiger partial charge in [-0.3, -0.25) is 9.69 Å². The highest BCUT2D eigenvalue weighted by atomic mass is 16.2. The minimum Gasteiger partial charge on any atom is -0.383 e. The van der Waals surface area contributed by atoms with Crippen molar-refractivity contribution < 1.29 is 4.79 Å². The molecule has 0 aliphatic carbocycles. The molecule has 0 saturated heterocycles. The standard InChI is InChI=1S/C16H25N3O/c1-4-9-19(12-16(20)18(2)3)14-10-13-7-5-6-8-15(13)17-11-14/h5-8,14,17H,4,9-12H2,1-3H3. The van der Waals surface area contributed by atoms with Gasteiger partial charge in [0, 0.05) is 32.4 Å². The molecule has 0 spiro atoms. The summed E-state index contributed by atoms with van der Waals surface area (Å²) in [6.45, 7) is 4.55. The van der Waals surface area contributed by atoms with Crippen molar-refractivity contribution in [1.29, 1.82) is 0 Å². The van der Waals surface area contributed by atoms with E-state index < -0.39 is 0 Å². The number of hydrogen-bond donors (Lipinski definition) is 1. The Hall–Kier alpha value is -1.55. The molecule has 0 bridgehead atoms. The van der Waals surface area contributed by atoms with E-state index in [9.17, 15) is 4.79 Å². The summed E-state index contributed by atoms with van der Waals surface area (Å²) in [5, 5.41) is 3.49. The Labute approximate surface area is 121 Å². The van der Waals surface area contributed by atoms with Gasteiger partial charge in [-0.2, -0.15) is 0 Å². The summed E-state index contributed by atoms with van der Waals surface area (Å²) < 4.78 is 0. The predicted octanol–water partition coefficient (Wildman–Crippen LogP) is 1.82. The zero-order valence-electron chi connectivity index (χ0n) is 12.7. The average molecular weight is 275 g/mol. The van der Waals surface area contributed by atoms with Crippen LogP contribution in [0.2, 0.25) is 0 Å². The van der Waals surface area contributed by atoms with Crippen molar-refractivity contribution in [2.24, 2.45) is 0 Å². The van der Waals surface area contributed by atoms with Gasteiger partial charge in [0.05, 0.1) is 6.54 Å². The Morgan fingerprint density at radius 2 is 2.10 bits per heavy atom. The van der Waals surface area contributed by atoms with Crippen LogP contribution in [0.15, 0.2) is 24.3 Å². The molecule has 1 amide bonds. The highest BCUT2D eigenvalue weighted by molar-refractivity contribution is 5.77. The second kappa shape index (κ2) is 6.75. The maximum atomic E-state index is 12.0. The van der Waals surface area contributed by atoms with Gasteiger partial charge in [-0.25, -0.2) is 0 Å². The molecule has 4 heteroatoms. The lowest BCUT2D eigenvalue weighted by Crippen LogP contribution is -2.48. The van der Waals surface area contributed by atoms with Crippen molar-refractivity contribution in [1.82, 2.24) is 9.80 Å². The van der Waals surface area contributed by atoms with E-state index in [-0.39, 0.29) is 5.91 Å². The maximum absolute atomic E-state index is 12.0.